The highest BCUT2D eigenvalue weighted by molar-refractivity contribution is 7.82. The van der Waals surface area contributed by atoms with E-state index in [4.69, 9.17) is 0 Å². The zero-order valence-corrected chi connectivity index (χ0v) is 17.3. The van der Waals surface area contributed by atoms with E-state index in [-0.39, 0.29) is 0 Å². The molecule has 1 aromatic carbocycles. The van der Waals surface area contributed by atoms with Crippen LogP contribution in [0.25, 0.3) is 11.3 Å². The molecule has 0 bridgehead atoms. The van der Waals surface area contributed by atoms with Crippen LogP contribution in [0, 0.1) is 0 Å². The van der Waals surface area contributed by atoms with Gasteiger partial charge in [0, 0.05) is 19.0 Å². The van der Waals surface area contributed by atoms with Crippen LogP contribution in [0.15, 0.2) is 48.7 Å². The van der Waals surface area contributed by atoms with Crippen LogP contribution in [-0.2, 0) is 0 Å². The predicted octanol–water partition coefficient (Wildman–Crippen LogP) is 6.79. The van der Waals surface area contributed by atoms with Gasteiger partial charge < -0.3 is 0 Å². The summed E-state index contributed by atoms with van der Waals surface area (Å²) < 4.78 is 0. The minimum Gasteiger partial charge on any atom is -0.256 e. The second kappa shape index (κ2) is 10.7. The first-order chi connectivity index (χ1) is 12.3. The van der Waals surface area contributed by atoms with Crippen LogP contribution in [0.4, 0.5) is 0 Å². The number of rotatable bonds is 11. The molecule has 0 aliphatic rings. The summed E-state index contributed by atoms with van der Waals surface area (Å²) in [4.78, 5) is 4.57. The summed E-state index contributed by atoms with van der Waals surface area (Å²) in [5.74, 6) is 0. The SMILES string of the molecule is CCCC[P+](CCCC)(CCCC)c1cccc(-c2ccccn2)c1. The van der Waals surface area contributed by atoms with E-state index in [9.17, 15) is 0 Å². The maximum atomic E-state index is 4.57. The molecule has 2 aromatic rings. The quantitative estimate of drug-likeness (QED) is 0.404. The van der Waals surface area contributed by atoms with E-state index in [2.05, 4.69) is 62.2 Å². The first-order valence-electron chi connectivity index (χ1n) is 10.1. The Morgan fingerprint density at radius 1 is 0.760 bits per heavy atom. The molecule has 2 rings (SSSR count). The van der Waals surface area contributed by atoms with Crippen molar-refractivity contribution in [1.29, 1.82) is 0 Å². The van der Waals surface area contributed by atoms with Crippen molar-refractivity contribution >= 4 is 12.6 Å². The van der Waals surface area contributed by atoms with Gasteiger partial charge in [-0.1, -0.05) is 58.2 Å². The lowest BCUT2D eigenvalue weighted by Crippen LogP contribution is -2.21. The minimum absolute atomic E-state index is 1.07. The molecule has 25 heavy (non-hydrogen) atoms. The normalized spacial score (nSPS) is 11.6. The number of hydrogen-bond donors (Lipinski definition) is 0. The van der Waals surface area contributed by atoms with Gasteiger partial charge in [0.15, 0.2) is 0 Å². The van der Waals surface area contributed by atoms with E-state index < -0.39 is 7.26 Å². The van der Waals surface area contributed by atoms with Crippen LogP contribution < -0.4 is 5.30 Å². The van der Waals surface area contributed by atoms with E-state index in [1.165, 1.54) is 62.6 Å². The van der Waals surface area contributed by atoms with Crippen molar-refractivity contribution in [2.45, 2.75) is 59.3 Å². The number of nitrogens with zero attached hydrogens (tertiary/aromatic N) is 1. The fourth-order valence-corrected chi connectivity index (χ4v) is 8.62. The maximum Gasteiger partial charge on any atom is 0.0946 e. The van der Waals surface area contributed by atoms with E-state index in [1.807, 2.05) is 12.3 Å². The fraction of sp³-hybridized carbons (Fsp3) is 0.522. The van der Waals surface area contributed by atoms with E-state index in [0.29, 0.717) is 0 Å². The molecule has 0 radical (unpaired) electrons. The molecule has 0 unspecified atom stereocenters. The molecule has 0 saturated heterocycles. The van der Waals surface area contributed by atoms with Crippen LogP contribution in [0.2, 0.25) is 0 Å². The Labute approximate surface area is 155 Å². The second-order valence-electron chi connectivity index (χ2n) is 7.14. The lowest BCUT2D eigenvalue weighted by atomic mass is 10.1. The Hall–Kier alpha value is -1.20. The van der Waals surface area contributed by atoms with Gasteiger partial charge in [-0.2, -0.15) is 0 Å². The molecule has 0 saturated carbocycles. The highest BCUT2D eigenvalue weighted by Gasteiger charge is 2.38. The minimum atomic E-state index is -1.07. The second-order valence-corrected chi connectivity index (χ2v) is 11.3. The fourth-order valence-electron chi connectivity index (χ4n) is 3.60. The number of pyridine rings is 1. The summed E-state index contributed by atoms with van der Waals surface area (Å²) in [5.41, 5.74) is 2.39. The predicted molar refractivity (Wildman–Crippen MR) is 116 cm³/mol. The van der Waals surface area contributed by atoms with Crippen LogP contribution in [0.3, 0.4) is 0 Å². The first-order valence-corrected chi connectivity index (χ1v) is 12.5. The number of benzene rings is 1. The van der Waals surface area contributed by atoms with Crippen molar-refractivity contribution in [3.05, 3.63) is 48.7 Å². The van der Waals surface area contributed by atoms with Crippen LogP contribution in [0.1, 0.15) is 59.3 Å². The summed E-state index contributed by atoms with van der Waals surface area (Å²) in [5, 5.41) is 1.64. The average molecular weight is 357 g/mol. The Bertz CT molecular complexity index is 587. The van der Waals surface area contributed by atoms with Crippen molar-refractivity contribution in [2.75, 3.05) is 18.5 Å². The maximum absolute atomic E-state index is 4.57. The molecule has 1 heterocycles. The highest BCUT2D eigenvalue weighted by Crippen LogP contribution is 2.59. The van der Waals surface area contributed by atoms with Gasteiger partial charge in [-0.3, -0.25) is 4.98 Å². The lowest BCUT2D eigenvalue weighted by Gasteiger charge is -2.28. The van der Waals surface area contributed by atoms with Crippen LogP contribution >= 0.6 is 7.26 Å². The molecule has 0 fully saturated rings. The third kappa shape index (κ3) is 5.65. The molecule has 0 amide bonds. The van der Waals surface area contributed by atoms with Crippen molar-refractivity contribution in [2.24, 2.45) is 0 Å². The third-order valence-electron chi connectivity index (χ3n) is 5.17. The highest BCUT2D eigenvalue weighted by atomic mass is 31.2. The third-order valence-corrected chi connectivity index (χ3v) is 10.1. The smallest absolute Gasteiger partial charge is 0.0946 e. The summed E-state index contributed by atoms with van der Waals surface area (Å²) in [7, 11) is -1.07. The van der Waals surface area contributed by atoms with Gasteiger partial charge >= 0.3 is 0 Å². The zero-order chi connectivity index (χ0) is 18.0. The molecule has 0 aliphatic heterocycles. The standard InChI is InChI=1S/C23H35NP/c1-4-7-17-25(18-8-5-2,19-9-6-3)22-14-12-13-21(20-22)23-15-10-11-16-24-23/h10-16,20H,4-9,17-19H2,1-3H3/q+1. The van der Waals surface area contributed by atoms with Gasteiger partial charge in [0.25, 0.3) is 0 Å². The Morgan fingerprint density at radius 3 is 1.92 bits per heavy atom. The van der Waals surface area contributed by atoms with Crippen LogP contribution in [-0.4, -0.2) is 23.5 Å². The van der Waals surface area contributed by atoms with Crippen molar-refractivity contribution in [3.8, 4) is 11.3 Å². The van der Waals surface area contributed by atoms with E-state index in [1.54, 1.807) is 5.30 Å². The van der Waals surface area contributed by atoms with Gasteiger partial charge in [0.05, 0.1) is 29.5 Å². The van der Waals surface area contributed by atoms with Gasteiger partial charge in [-0.05, 0) is 43.5 Å². The van der Waals surface area contributed by atoms with Gasteiger partial charge in [0.2, 0.25) is 0 Å². The van der Waals surface area contributed by atoms with Gasteiger partial charge in [-0.25, -0.2) is 0 Å². The molecule has 2 heteroatoms. The number of hydrogen-bond acceptors (Lipinski definition) is 1. The molecular formula is C23H35NP+. The average Bonchev–Trinajstić information content (AvgIpc) is 2.68. The van der Waals surface area contributed by atoms with Crippen LogP contribution in [0.5, 0.6) is 0 Å². The van der Waals surface area contributed by atoms with E-state index in [0.717, 1.165) is 5.69 Å². The van der Waals surface area contributed by atoms with Gasteiger partial charge in [0.1, 0.15) is 0 Å². The molecule has 1 aromatic heterocycles. The largest absolute Gasteiger partial charge is 0.256 e. The molecule has 136 valence electrons. The summed E-state index contributed by atoms with van der Waals surface area (Å²) in [6.45, 7) is 7.00. The molecule has 0 spiro atoms. The molecule has 1 nitrogen and oxygen atoms in total. The summed E-state index contributed by atoms with van der Waals surface area (Å²) in [6.07, 6.45) is 14.2. The van der Waals surface area contributed by atoms with Gasteiger partial charge in [-0.15, -0.1) is 0 Å². The Kier molecular flexibility index (Phi) is 8.62. The van der Waals surface area contributed by atoms with Crippen molar-refractivity contribution in [3.63, 3.8) is 0 Å². The van der Waals surface area contributed by atoms with E-state index >= 15 is 0 Å². The molecule has 0 atom stereocenters. The molecule has 0 aliphatic carbocycles. The first kappa shape index (κ1) is 20.1. The Balaban J connectivity index is 2.40. The summed E-state index contributed by atoms with van der Waals surface area (Å²) >= 11 is 0. The van der Waals surface area contributed by atoms with Crippen molar-refractivity contribution in [1.82, 2.24) is 4.98 Å². The topological polar surface area (TPSA) is 12.9 Å². The number of unbranched alkanes of at least 4 members (excludes halogenated alkanes) is 3. The lowest BCUT2D eigenvalue weighted by molar-refractivity contribution is 0.841. The molecular weight excluding hydrogens is 321 g/mol. The summed E-state index contributed by atoms with van der Waals surface area (Å²) in [6, 6.07) is 15.6. The monoisotopic (exact) mass is 356 g/mol. The zero-order valence-electron chi connectivity index (χ0n) is 16.4. The number of aromatic nitrogens is 1. The Morgan fingerprint density at radius 2 is 1.40 bits per heavy atom. The molecule has 0 N–H and O–H groups in total. The van der Waals surface area contributed by atoms with Crippen molar-refractivity contribution < 1.29 is 0 Å².